The van der Waals surface area contributed by atoms with Gasteiger partial charge in [0.2, 0.25) is 0 Å². The minimum absolute atomic E-state index is 1.07. The average Bonchev–Trinajstić information content (AvgIpc) is 3.22. The summed E-state index contributed by atoms with van der Waals surface area (Å²) < 4.78 is 0. The molecule has 1 saturated heterocycles. The Labute approximate surface area is 139 Å². The molecule has 2 aliphatic rings. The molecule has 0 bridgehead atoms. The standard InChI is InChI=1S/C20H27N3/c1-22-11-6-16(7-12-22)17-4-5-20-19(14-17)18(15-21-20)8-13-23-9-2-3-10-23/h4-6,14-15,21H,2-3,7-13H2,1H3. The molecule has 122 valence electrons. The van der Waals surface area contributed by atoms with E-state index in [0.717, 1.165) is 19.4 Å². The molecule has 2 aliphatic heterocycles. The van der Waals surface area contributed by atoms with Crippen molar-refractivity contribution in [3.8, 4) is 0 Å². The maximum Gasteiger partial charge on any atom is 0.0457 e. The van der Waals surface area contributed by atoms with Crippen molar-refractivity contribution >= 4 is 16.5 Å². The molecular weight excluding hydrogens is 282 g/mol. The average molecular weight is 309 g/mol. The molecule has 3 heterocycles. The summed E-state index contributed by atoms with van der Waals surface area (Å²) in [6.45, 7) is 6.01. The second kappa shape index (κ2) is 6.50. The third-order valence-corrected chi connectivity index (χ3v) is 5.45. The fourth-order valence-electron chi connectivity index (χ4n) is 3.90. The van der Waals surface area contributed by atoms with E-state index in [1.54, 1.807) is 0 Å². The Hall–Kier alpha value is -1.58. The van der Waals surface area contributed by atoms with Gasteiger partial charge in [-0.05, 0) is 74.7 Å². The van der Waals surface area contributed by atoms with Crippen LogP contribution in [0.3, 0.4) is 0 Å². The van der Waals surface area contributed by atoms with Gasteiger partial charge in [-0.25, -0.2) is 0 Å². The summed E-state index contributed by atoms with van der Waals surface area (Å²) >= 11 is 0. The molecule has 1 aromatic heterocycles. The van der Waals surface area contributed by atoms with E-state index in [0.29, 0.717) is 0 Å². The number of fused-ring (bicyclic) bond motifs is 1. The zero-order chi connectivity index (χ0) is 15.6. The lowest BCUT2D eigenvalue weighted by atomic mass is 9.97. The van der Waals surface area contributed by atoms with E-state index in [2.05, 4.69) is 52.3 Å². The fraction of sp³-hybridized carbons (Fsp3) is 0.500. The molecule has 2 aromatic rings. The van der Waals surface area contributed by atoms with Gasteiger partial charge in [0, 0.05) is 36.7 Å². The molecule has 1 aromatic carbocycles. The van der Waals surface area contributed by atoms with Crippen molar-refractivity contribution in [2.75, 3.05) is 39.8 Å². The number of nitrogens with one attached hydrogen (secondary N) is 1. The van der Waals surface area contributed by atoms with Gasteiger partial charge in [0.1, 0.15) is 0 Å². The van der Waals surface area contributed by atoms with E-state index in [-0.39, 0.29) is 0 Å². The monoisotopic (exact) mass is 309 g/mol. The zero-order valence-electron chi connectivity index (χ0n) is 14.1. The van der Waals surface area contributed by atoms with E-state index < -0.39 is 0 Å². The fourth-order valence-corrected chi connectivity index (χ4v) is 3.90. The van der Waals surface area contributed by atoms with Crippen LogP contribution in [0.4, 0.5) is 0 Å². The Morgan fingerprint density at radius 2 is 2.00 bits per heavy atom. The number of nitrogens with zero attached hydrogens (tertiary/aromatic N) is 2. The van der Waals surface area contributed by atoms with Crippen LogP contribution in [0.2, 0.25) is 0 Å². The van der Waals surface area contributed by atoms with Crippen LogP contribution in [0.5, 0.6) is 0 Å². The second-order valence-corrected chi connectivity index (χ2v) is 7.11. The summed E-state index contributed by atoms with van der Waals surface area (Å²) in [6.07, 6.45) is 9.68. The number of likely N-dealkylation sites (tertiary alicyclic amines) is 1. The molecule has 0 radical (unpaired) electrons. The second-order valence-electron chi connectivity index (χ2n) is 7.11. The topological polar surface area (TPSA) is 22.3 Å². The van der Waals surface area contributed by atoms with Gasteiger partial charge in [-0.15, -0.1) is 0 Å². The molecule has 0 amide bonds. The summed E-state index contributed by atoms with van der Waals surface area (Å²) in [6, 6.07) is 6.94. The summed E-state index contributed by atoms with van der Waals surface area (Å²) in [4.78, 5) is 8.43. The highest BCUT2D eigenvalue weighted by Gasteiger charge is 2.14. The van der Waals surface area contributed by atoms with Gasteiger partial charge in [-0.2, -0.15) is 0 Å². The third-order valence-electron chi connectivity index (χ3n) is 5.45. The Balaban J connectivity index is 1.56. The lowest BCUT2D eigenvalue weighted by molar-refractivity contribution is 0.344. The predicted octanol–water partition coefficient (Wildman–Crippen LogP) is 3.53. The molecule has 0 aliphatic carbocycles. The van der Waals surface area contributed by atoms with Crippen LogP contribution in [-0.2, 0) is 6.42 Å². The Kier molecular flexibility index (Phi) is 4.23. The number of aromatic amines is 1. The van der Waals surface area contributed by atoms with Crippen molar-refractivity contribution in [3.63, 3.8) is 0 Å². The number of hydrogen-bond donors (Lipinski definition) is 1. The normalized spacial score (nSPS) is 20.3. The van der Waals surface area contributed by atoms with Crippen LogP contribution in [0.15, 0.2) is 30.5 Å². The largest absolute Gasteiger partial charge is 0.361 e. The van der Waals surface area contributed by atoms with E-state index in [1.807, 2.05) is 0 Å². The number of H-pyrrole nitrogens is 1. The first-order valence-corrected chi connectivity index (χ1v) is 9.00. The van der Waals surface area contributed by atoms with Gasteiger partial charge in [-0.3, -0.25) is 0 Å². The van der Waals surface area contributed by atoms with Crippen LogP contribution in [-0.4, -0.2) is 54.6 Å². The highest BCUT2D eigenvalue weighted by molar-refractivity contribution is 5.87. The van der Waals surface area contributed by atoms with Crippen LogP contribution in [0, 0.1) is 0 Å². The Morgan fingerprint density at radius 1 is 1.13 bits per heavy atom. The first kappa shape index (κ1) is 15.0. The minimum Gasteiger partial charge on any atom is -0.361 e. The van der Waals surface area contributed by atoms with Gasteiger partial charge in [0.05, 0.1) is 0 Å². The molecule has 0 spiro atoms. The first-order chi connectivity index (χ1) is 11.3. The highest BCUT2D eigenvalue weighted by atomic mass is 15.1. The molecule has 4 rings (SSSR count). The SMILES string of the molecule is CN1CC=C(c2ccc3[nH]cc(CCN4CCCC4)c3c2)CC1. The first-order valence-electron chi connectivity index (χ1n) is 9.00. The van der Waals surface area contributed by atoms with Crippen LogP contribution in [0.1, 0.15) is 30.4 Å². The maximum absolute atomic E-state index is 3.45. The van der Waals surface area contributed by atoms with Crippen LogP contribution >= 0.6 is 0 Å². The number of aromatic nitrogens is 1. The van der Waals surface area contributed by atoms with Gasteiger partial charge in [0.25, 0.3) is 0 Å². The van der Waals surface area contributed by atoms with Gasteiger partial charge in [-0.1, -0.05) is 12.1 Å². The molecule has 1 N–H and O–H groups in total. The summed E-state index contributed by atoms with van der Waals surface area (Å²) in [7, 11) is 2.19. The van der Waals surface area contributed by atoms with Crippen molar-refractivity contribution in [1.82, 2.24) is 14.8 Å². The third kappa shape index (κ3) is 3.22. The van der Waals surface area contributed by atoms with Crippen molar-refractivity contribution in [3.05, 3.63) is 41.6 Å². The predicted molar refractivity (Wildman–Crippen MR) is 97.8 cm³/mol. The Bertz CT molecular complexity index is 707. The molecule has 0 saturated carbocycles. The lowest BCUT2D eigenvalue weighted by Crippen LogP contribution is -2.23. The molecule has 3 heteroatoms. The molecular formula is C20H27N3. The zero-order valence-corrected chi connectivity index (χ0v) is 14.1. The number of hydrogen-bond acceptors (Lipinski definition) is 2. The summed E-state index contributed by atoms with van der Waals surface area (Å²) in [5.41, 5.74) is 5.67. The summed E-state index contributed by atoms with van der Waals surface area (Å²) in [5, 5.41) is 1.42. The highest BCUT2D eigenvalue weighted by Crippen LogP contribution is 2.27. The summed E-state index contributed by atoms with van der Waals surface area (Å²) in [5.74, 6) is 0. The van der Waals surface area contributed by atoms with E-state index >= 15 is 0 Å². The van der Waals surface area contributed by atoms with Gasteiger partial charge < -0.3 is 14.8 Å². The maximum atomic E-state index is 3.45. The lowest BCUT2D eigenvalue weighted by Gasteiger charge is -2.22. The number of likely N-dealkylation sites (N-methyl/N-ethyl adjacent to an activating group) is 1. The molecule has 1 fully saturated rings. The van der Waals surface area contributed by atoms with Crippen molar-refractivity contribution in [2.24, 2.45) is 0 Å². The van der Waals surface area contributed by atoms with Crippen molar-refractivity contribution < 1.29 is 0 Å². The number of benzene rings is 1. The minimum atomic E-state index is 1.07. The van der Waals surface area contributed by atoms with Crippen LogP contribution < -0.4 is 0 Å². The van der Waals surface area contributed by atoms with E-state index in [9.17, 15) is 0 Å². The van der Waals surface area contributed by atoms with Gasteiger partial charge >= 0.3 is 0 Å². The molecule has 3 nitrogen and oxygen atoms in total. The van der Waals surface area contributed by atoms with Gasteiger partial charge in [0.15, 0.2) is 0 Å². The molecule has 23 heavy (non-hydrogen) atoms. The number of rotatable bonds is 4. The molecule has 0 unspecified atom stereocenters. The Morgan fingerprint density at radius 3 is 2.78 bits per heavy atom. The van der Waals surface area contributed by atoms with Crippen LogP contribution in [0.25, 0.3) is 16.5 Å². The smallest absolute Gasteiger partial charge is 0.0457 e. The van der Waals surface area contributed by atoms with E-state index in [1.165, 1.54) is 66.6 Å². The molecule has 0 atom stereocenters. The van der Waals surface area contributed by atoms with E-state index in [4.69, 9.17) is 0 Å². The van der Waals surface area contributed by atoms with Crippen molar-refractivity contribution in [1.29, 1.82) is 0 Å². The van der Waals surface area contributed by atoms with Crippen molar-refractivity contribution in [2.45, 2.75) is 25.7 Å². The quantitative estimate of drug-likeness (QED) is 0.933.